The molecule has 0 aliphatic rings. The third-order valence-corrected chi connectivity index (χ3v) is 4.89. The van der Waals surface area contributed by atoms with Gasteiger partial charge in [-0.2, -0.15) is 0 Å². The Balaban J connectivity index is 1.83. The fourth-order valence-corrected chi connectivity index (χ4v) is 3.31. The predicted octanol–water partition coefficient (Wildman–Crippen LogP) is 3.83. The lowest BCUT2D eigenvalue weighted by molar-refractivity contribution is 0.247. The van der Waals surface area contributed by atoms with Gasteiger partial charge in [0.25, 0.3) is 5.56 Å². The number of halogens is 1. The first-order valence-electron chi connectivity index (χ1n) is 6.96. The van der Waals surface area contributed by atoms with Crippen molar-refractivity contribution >= 4 is 33.2 Å². The first-order chi connectivity index (χ1) is 10.5. The molecule has 0 amide bonds. The highest BCUT2D eigenvalue weighted by Crippen LogP contribution is 2.23. The molecule has 114 valence electrons. The van der Waals surface area contributed by atoms with Gasteiger partial charge in [0.2, 0.25) is 0 Å². The first-order valence-corrected chi connectivity index (χ1v) is 8.22. The van der Waals surface area contributed by atoms with Crippen molar-refractivity contribution < 1.29 is 0 Å². The van der Waals surface area contributed by atoms with Crippen LogP contribution in [0.25, 0.3) is 10.2 Å². The maximum absolute atomic E-state index is 12.0. The fourth-order valence-electron chi connectivity index (χ4n) is 2.39. The number of fused-ring (bicyclic) bond motifs is 1. The molecule has 0 saturated carbocycles. The standard InChI is InChI=1S/C16H16ClN3OS/c1-10(11-4-3-5-12(17)8-11)20(2)9-14-18-13-6-7-22-15(13)16(21)19-14/h3-8,10H,9H2,1-2H3,(H,18,19,21)/t10-/m0/s1. The molecular formula is C16H16ClN3OS. The van der Waals surface area contributed by atoms with Crippen LogP contribution in [0.15, 0.2) is 40.5 Å². The normalized spacial score (nSPS) is 12.9. The molecule has 3 aromatic rings. The Morgan fingerprint density at radius 2 is 2.23 bits per heavy atom. The van der Waals surface area contributed by atoms with E-state index in [0.29, 0.717) is 17.1 Å². The highest BCUT2D eigenvalue weighted by molar-refractivity contribution is 7.17. The second-order valence-corrected chi connectivity index (χ2v) is 6.65. The van der Waals surface area contributed by atoms with Gasteiger partial charge in [-0.3, -0.25) is 9.69 Å². The summed E-state index contributed by atoms with van der Waals surface area (Å²) in [7, 11) is 2.00. The van der Waals surface area contributed by atoms with Gasteiger partial charge in [0, 0.05) is 11.1 Å². The second kappa shape index (κ2) is 6.20. The first kappa shape index (κ1) is 15.2. The van der Waals surface area contributed by atoms with Gasteiger partial charge in [0.1, 0.15) is 10.5 Å². The molecule has 0 fully saturated rings. The molecule has 3 rings (SSSR count). The van der Waals surface area contributed by atoms with Crippen molar-refractivity contribution in [2.24, 2.45) is 0 Å². The lowest BCUT2D eigenvalue weighted by atomic mass is 10.1. The Hall–Kier alpha value is -1.69. The number of hydrogen-bond donors (Lipinski definition) is 1. The van der Waals surface area contributed by atoms with E-state index in [1.807, 2.05) is 42.8 Å². The van der Waals surface area contributed by atoms with Gasteiger partial charge >= 0.3 is 0 Å². The van der Waals surface area contributed by atoms with Gasteiger partial charge in [-0.25, -0.2) is 4.98 Å². The number of H-pyrrole nitrogens is 1. The number of aromatic amines is 1. The Labute approximate surface area is 137 Å². The molecule has 1 aromatic carbocycles. The van der Waals surface area contributed by atoms with Gasteiger partial charge < -0.3 is 4.98 Å². The summed E-state index contributed by atoms with van der Waals surface area (Å²) in [5, 5.41) is 2.61. The molecule has 0 spiro atoms. The lowest BCUT2D eigenvalue weighted by Gasteiger charge is -2.24. The highest BCUT2D eigenvalue weighted by atomic mass is 35.5. The van der Waals surface area contributed by atoms with Crippen LogP contribution >= 0.6 is 22.9 Å². The number of thiophene rings is 1. The minimum absolute atomic E-state index is 0.0705. The van der Waals surface area contributed by atoms with Crippen molar-refractivity contribution in [1.82, 2.24) is 14.9 Å². The zero-order chi connectivity index (χ0) is 15.7. The third-order valence-electron chi connectivity index (χ3n) is 3.76. The highest BCUT2D eigenvalue weighted by Gasteiger charge is 2.14. The molecule has 1 N–H and O–H groups in total. The third kappa shape index (κ3) is 3.06. The molecule has 0 saturated heterocycles. The summed E-state index contributed by atoms with van der Waals surface area (Å²) in [5.41, 5.74) is 1.82. The van der Waals surface area contributed by atoms with Crippen LogP contribution in [-0.2, 0) is 6.54 Å². The van der Waals surface area contributed by atoms with Crippen molar-refractivity contribution in [2.45, 2.75) is 19.5 Å². The largest absolute Gasteiger partial charge is 0.308 e. The van der Waals surface area contributed by atoms with Gasteiger partial charge in [-0.05, 0) is 43.1 Å². The number of benzene rings is 1. The van der Waals surface area contributed by atoms with Crippen molar-refractivity contribution in [3.63, 3.8) is 0 Å². The van der Waals surface area contributed by atoms with Gasteiger partial charge in [0.15, 0.2) is 0 Å². The zero-order valence-corrected chi connectivity index (χ0v) is 13.9. The molecule has 6 heteroatoms. The summed E-state index contributed by atoms with van der Waals surface area (Å²) in [4.78, 5) is 21.5. The molecule has 4 nitrogen and oxygen atoms in total. The Bertz CT molecular complexity index is 858. The van der Waals surface area contributed by atoms with Crippen LogP contribution in [0.2, 0.25) is 5.02 Å². The summed E-state index contributed by atoms with van der Waals surface area (Å²) in [6, 6.07) is 9.86. The van der Waals surface area contributed by atoms with Crippen LogP contribution in [0, 0.1) is 0 Å². The van der Waals surface area contributed by atoms with Crippen LogP contribution in [-0.4, -0.2) is 21.9 Å². The van der Waals surface area contributed by atoms with Crippen molar-refractivity contribution in [3.05, 3.63) is 62.5 Å². The minimum Gasteiger partial charge on any atom is -0.308 e. The van der Waals surface area contributed by atoms with E-state index >= 15 is 0 Å². The molecule has 1 atom stereocenters. The van der Waals surface area contributed by atoms with E-state index in [-0.39, 0.29) is 11.6 Å². The fraction of sp³-hybridized carbons (Fsp3) is 0.250. The average Bonchev–Trinajstić information content (AvgIpc) is 2.95. The molecule has 0 aliphatic heterocycles. The number of rotatable bonds is 4. The molecule has 0 aliphatic carbocycles. The molecule has 0 unspecified atom stereocenters. The smallest absolute Gasteiger partial charge is 0.268 e. The Morgan fingerprint density at radius 3 is 3.00 bits per heavy atom. The Kier molecular flexibility index (Phi) is 4.29. The molecule has 2 aromatic heterocycles. The van der Waals surface area contributed by atoms with Crippen LogP contribution in [0.5, 0.6) is 0 Å². The predicted molar refractivity (Wildman–Crippen MR) is 91.6 cm³/mol. The van der Waals surface area contributed by atoms with Gasteiger partial charge in [-0.15, -0.1) is 11.3 Å². The van der Waals surface area contributed by atoms with E-state index in [2.05, 4.69) is 21.8 Å². The Morgan fingerprint density at radius 1 is 1.41 bits per heavy atom. The van der Waals surface area contributed by atoms with Crippen molar-refractivity contribution in [1.29, 1.82) is 0 Å². The van der Waals surface area contributed by atoms with E-state index in [1.165, 1.54) is 11.3 Å². The quantitative estimate of drug-likeness (QED) is 0.789. The van der Waals surface area contributed by atoms with Crippen LogP contribution in [0.4, 0.5) is 0 Å². The number of hydrogen-bond acceptors (Lipinski definition) is 4. The molecule has 0 radical (unpaired) electrons. The van der Waals surface area contributed by atoms with Crippen LogP contribution in [0.3, 0.4) is 0 Å². The summed E-state index contributed by atoms with van der Waals surface area (Å²) in [6.07, 6.45) is 0. The summed E-state index contributed by atoms with van der Waals surface area (Å²) in [6.45, 7) is 2.67. The number of nitrogens with zero attached hydrogens (tertiary/aromatic N) is 2. The van der Waals surface area contributed by atoms with E-state index in [1.54, 1.807) is 0 Å². The second-order valence-electron chi connectivity index (χ2n) is 5.29. The monoisotopic (exact) mass is 333 g/mol. The SMILES string of the molecule is C[C@@H](c1cccc(Cl)c1)N(C)Cc1nc2ccsc2c(=O)[nH]1. The summed E-state index contributed by atoms with van der Waals surface area (Å²) >= 11 is 7.46. The topological polar surface area (TPSA) is 49.0 Å². The molecule has 0 bridgehead atoms. The summed E-state index contributed by atoms with van der Waals surface area (Å²) in [5.74, 6) is 0.673. The maximum Gasteiger partial charge on any atom is 0.268 e. The lowest BCUT2D eigenvalue weighted by Crippen LogP contribution is -2.24. The van der Waals surface area contributed by atoms with E-state index in [0.717, 1.165) is 16.1 Å². The van der Waals surface area contributed by atoms with E-state index in [4.69, 9.17) is 11.6 Å². The number of nitrogens with one attached hydrogen (secondary N) is 1. The van der Waals surface area contributed by atoms with Crippen LogP contribution < -0.4 is 5.56 Å². The molecular weight excluding hydrogens is 318 g/mol. The van der Waals surface area contributed by atoms with Crippen LogP contribution in [0.1, 0.15) is 24.4 Å². The maximum atomic E-state index is 12.0. The van der Waals surface area contributed by atoms with E-state index < -0.39 is 0 Å². The van der Waals surface area contributed by atoms with Crippen molar-refractivity contribution in [3.8, 4) is 0 Å². The number of aromatic nitrogens is 2. The van der Waals surface area contributed by atoms with Gasteiger partial charge in [-0.1, -0.05) is 23.7 Å². The van der Waals surface area contributed by atoms with E-state index in [9.17, 15) is 4.79 Å². The zero-order valence-electron chi connectivity index (χ0n) is 12.3. The van der Waals surface area contributed by atoms with Gasteiger partial charge in [0.05, 0.1) is 12.1 Å². The minimum atomic E-state index is -0.0705. The molecule has 2 heterocycles. The average molecular weight is 334 g/mol. The molecule has 22 heavy (non-hydrogen) atoms. The van der Waals surface area contributed by atoms with Crippen molar-refractivity contribution in [2.75, 3.05) is 7.05 Å². The summed E-state index contributed by atoms with van der Waals surface area (Å²) < 4.78 is 0.675.